The smallest absolute Gasteiger partial charge is 0.317 e. The summed E-state index contributed by atoms with van der Waals surface area (Å²) in [4.78, 5) is 35.4. The monoisotopic (exact) mass is 443 g/mol. The predicted octanol–water partition coefficient (Wildman–Crippen LogP) is 2.64. The Bertz CT molecular complexity index is 724. The number of urea groups is 1. The third kappa shape index (κ3) is 6.58. The highest BCUT2D eigenvalue weighted by atomic mass is 16.5. The summed E-state index contributed by atoms with van der Waals surface area (Å²) in [6, 6.07) is 4.29. The van der Waals surface area contributed by atoms with Gasteiger partial charge in [-0.05, 0) is 50.7 Å². The molecule has 0 radical (unpaired) electrons. The number of aromatic nitrogens is 1. The normalized spacial score (nSPS) is 21.4. The van der Waals surface area contributed by atoms with Gasteiger partial charge in [-0.25, -0.2) is 4.79 Å². The number of anilines is 1. The van der Waals surface area contributed by atoms with E-state index in [0.717, 1.165) is 77.2 Å². The zero-order chi connectivity index (χ0) is 22.2. The number of hydrogen-bond donors (Lipinski definition) is 1. The summed E-state index contributed by atoms with van der Waals surface area (Å²) in [5, 5.41) is 3.22. The van der Waals surface area contributed by atoms with Gasteiger partial charge in [0.15, 0.2) is 0 Å². The summed E-state index contributed by atoms with van der Waals surface area (Å²) in [6.45, 7) is 5.73. The first kappa shape index (κ1) is 22.8. The molecule has 1 aromatic rings. The molecule has 1 aromatic heterocycles. The molecule has 1 N–H and O–H groups in total. The molecule has 3 heterocycles. The number of nitrogens with zero attached hydrogens (tertiary/aromatic N) is 4. The Balaban J connectivity index is 1.10. The molecule has 0 unspecified atom stereocenters. The summed E-state index contributed by atoms with van der Waals surface area (Å²) in [5.74, 6) is -0.0572. The molecule has 176 valence electrons. The highest BCUT2D eigenvalue weighted by molar-refractivity contribution is 5.75. The number of hydrogen-bond acceptors (Lipinski definition) is 6. The van der Waals surface area contributed by atoms with E-state index >= 15 is 0 Å². The van der Waals surface area contributed by atoms with Crippen molar-refractivity contribution >= 4 is 17.7 Å². The van der Waals surface area contributed by atoms with Gasteiger partial charge in [0.1, 0.15) is 6.10 Å². The highest BCUT2D eigenvalue weighted by Crippen LogP contribution is 2.21. The van der Waals surface area contributed by atoms with Crippen LogP contribution in [0.4, 0.5) is 10.5 Å². The molecule has 3 fully saturated rings. The maximum Gasteiger partial charge on any atom is 0.317 e. The second kappa shape index (κ2) is 11.5. The molecular formula is C24H37N5O3. The molecule has 0 aromatic carbocycles. The van der Waals surface area contributed by atoms with Crippen LogP contribution in [0.5, 0.6) is 0 Å². The molecule has 1 aliphatic carbocycles. The lowest BCUT2D eigenvalue weighted by molar-refractivity contribution is -0.150. The summed E-state index contributed by atoms with van der Waals surface area (Å²) >= 11 is 0. The Morgan fingerprint density at radius 2 is 1.62 bits per heavy atom. The van der Waals surface area contributed by atoms with Crippen molar-refractivity contribution in [1.82, 2.24) is 20.1 Å². The minimum Gasteiger partial charge on any atom is -0.462 e. The predicted molar refractivity (Wildman–Crippen MR) is 124 cm³/mol. The average Bonchev–Trinajstić information content (AvgIpc) is 2.85. The van der Waals surface area contributed by atoms with Gasteiger partial charge in [0.2, 0.25) is 0 Å². The second-order valence-electron chi connectivity index (χ2n) is 9.24. The Labute approximate surface area is 191 Å². The minimum absolute atomic E-state index is 0.0499. The van der Waals surface area contributed by atoms with Gasteiger partial charge in [-0.15, -0.1) is 0 Å². The molecule has 1 saturated carbocycles. The number of carbonyl (C=O) groups is 2. The average molecular weight is 444 g/mol. The number of likely N-dealkylation sites (tertiary alicyclic amines) is 1. The van der Waals surface area contributed by atoms with E-state index in [0.29, 0.717) is 6.42 Å². The van der Waals surface area contributed by atoms with E-state index in [1.165, 1.54) is 19.3 Å². The number of esters is 1. The minimum atomic E-state index is -0.0572. The SMILES string of the molecule is O=C(CCN1CCC(NC(=O)N2CCN(c3ccncc3)CC2)CC1)OC1CCCCC1. The van der Waals surface area contributed by atoms with Gasteiger partial charge in [0.25, 0.3) is 0 Å². The summed E-state index contributed by atoms with van der Waals surface area (Å²) in [5.41, 5.74) is 1.16. The molecule has 4 rings (SSSR count). The molecule has 2 saturated heterocycles. The molecule has 0 bridgehead atoms. The first-order valence-electron chi connectivity index (χ1n) is 12.3. The van der Waals surface area contributed by atoms with E-state index in [-0.39, 0.29) is 24.1 Å². The van der Waals surface area contributed by atoms with Crippen LogP contribution >= 0.6 is 0 Å². The zero-order valence-corrected chi connectivity index (χ0v) is 19.1. The van der Waals surface area contributed by atoms with Crippen molar-refractivity contribution in [3.8, 4) is 0 Å². The lowest BCUT2D eigenvalue weighted by Gasteiger charge is -2.38. The van der Waals surface area contributed by atoms with Gasteiger partial charge in [0.05, 0.1) is 6.42 Å². The van der Waals surface area contributed by atoms with Crippen molar-refractivity contribution in [3.63, 3.8) is 0 Å². The lowest BCUT2D eigenvalue weighted by Crippen LogP contribution is -2.55. The van der Waals surface area contributed by atoms with Crippen LogP contribution in [0, 0.1) is 0 Å². The topological polar surface area (TPSA) is 78.0 Å². The Morgan fingerprint density at radius 3 is 2.31 bits per heavy atom. The Morgan fingerprint density at radius 1 is 0.938 bits per heavy atom. The van der Waals surface area contributed by atoms with E-state index in [1.54, 1.807) is 12.4 Å². The summed E-state index contributed by atoms with van der Waals surface area (Å²) in [6.07, 6.45) is 11.8. The van der Waals surface area contributed by atoms with Crippen molar-refractivity contribution in [2.24, 2.45) is 0 Å². The van der Waals surface area contributed by atoms with Crippen molar-refractivity contribution in [2.75, 3.05) is 50.7 Å². The summed E-state index contributed by atoms with van der Waals surface area (Å²) < 4.78 is 5.62. The van der Waals surface area contributed by atoms with Gasteiger partial charge < -0.3 is 24.8 Å². The fourth-order valence-corrected chi connectivity index (χ4v) is 4.97. The van der Waals surface area contributed by atoms with Crippen LogP contribution in [0.2, 0.25) is 0 Å². The largest absolute Gasteiger partial charge is 0.462 e. The zero-order valence-electron chi connectivity index (χ0n) is 19.1. The van der Waals surface area contributed by atoms with Gasteiger partial charge >= 0.3 is 12.0 Å². The molecular weight excluding hydrogens is 406 g/mol. The quantitative estimate of drug-likeness (QED) is 0.681. The summed E-state index contributed by atoms with van der Waals surface area (Å²) in [7, 11) is 0. The van der Waals surface area contributed by atoms with E-state index < -0.39 is 0 Å². The van der Waals surface area contributed by atoms with Crippen molar-refractivity contribution in [1.29, 1.82) is 0 Å². The standard InChI is InChI=1S/C24H37N5O3/c30-23(32-22-4-2-1-3-5-22)10-15-27-13-8-20(9-14-27)26-24(31)29-18-16-28(17-19-29)21-6-11-25-12-7-21/h6-7,11-12,20,22H,1-5,8-10,13-19H2,(H,26,31). The van der Waals surface area contributed by atoms with Crippen molar-refractivity contribution < 1.29 is 14.3 Å². The van der Waals surface area contributed by atoms with Gasteiger partial charge in [-0.1, -0.05) is 6.42 Å². The van der Waals surface area contributed by atoms with E-state index in [1.807, 2.05) is 17.0 Å². The molecule has 2 amide bonds. The van der Waals surface area contributed by atoms with Crippen LogP contribution in [-0.4, -0.2) is 84.7 Å². The maximum absolute atomic E-state index is 12.7. The van der Waals surface area contributed by atoms with Gasteiger partial charge in [-0.2, -0.15) is 0 Å². The van der Waals surface area contributed by atoms with Crippen LogP contribution < -0.4 is 10.2 Å². The first-order valence-corrected chi connectivity index (χ1v) is 12.3. The van der Waals surface area contributed by atoms with Crippen LogP contribution in [-0.2, 0) is 9.53 Å². The van der Waals surface area contributed by atoms with Crippen molar-refractivity contribution in [3.05, 3.63) is 24.5 Å². The lowest BCUT2D eigenvalue weighted by atomic mass is 9.98. The number of rotatable bonds is 6. The molecule has 3 aliphatic rings. The molecule has 8 nitrogen and oxygen atoms in total. The number of carbonyl (C=O) groups excluding carboxylic acids is 2. The van der Waals surface area contributed by atoms with E-state index in [9.17, 15) is 9.59 Å². The van der Waals surface area contributed by atoms with Crippen LogP contribution in [0.3, 0.4) is 0 Å². The molecule has 2 aliphatic heterocycles. The number of piperidine rings is 1. The van der Waals surface area contributed by atoms with E-state index in [2.05, 4.69) is 20.1 Å². The fraction of sp³-hybridized carbons (Fsp3) is 0.708. The van der Waals surface area contributed by atoms with Crippen molar-refractivity contribution in [2.45, 2.75) is 63.5 Å². The first-order chi connectivity index (χ1) is 15.7. The maximum atomic E-state index is 12.7. The number of nitrogens with one attached hydrogen (secondary N) is 1. The number of ether oxygens (including phenoxy) is 1. The molecule has 0 spiro atoms. The highest BCUT2D eigenvalue weighted by Gasteiger charge is 2.26. The van der Waals surface area contributed by atoms with Crippen LogP contribution in [0.25, 0.3) is 0 Å². The third-order valence-corrected chi connectivity index (χ3v) is 6.99. The fourth-order valence-electron chi connectivity index (χ4n) is 4.97. The molecule has 0 atom stereocenters. The molecule has 32 heavy (non-hydrogen) atoms. The Hall–Kier alpha value is -2.35. The van der Waals surface area contributed by atoms with Gasteiger partial charge in [-0.3, -0.25) is 9.78 Å². The number of pyridine rings is 1. The van der Waals surface area contributed by atoms with E-state index in [4.69, 9.17) is 4.74 Å². The number of piperazine rings is 1. The Kier molecular flexibility index (Phi) is 8.20. The third-order valence-electron chi connectivity index (χ3n) is 6.99. The number of amides is 2. The van der Waals surface area contributed by atoms with Crippen LogP contribution in [0.15, 0.2) is 24.5 Å². The van der Waals surface area contributed by atoms with Gasteiger partial charge in [0, 0.05) is 69.9 Å². The molecule has 8 heteroatoms. The second-order valence-corrected chi connectivity index (χ2v) is 9.24. The van der Waals surface area contributed by atoms with Crippen LogP contribution in [0.1, 0.15) is 51.4 Å².